The Bertz CT molecular complexity index is 412. The summed E-state index contributed by atoms with van der Waals surface area (Å²) in [5.41, 5.74) is -0.748. The Morgan fingerprint density at radius 3 is 2.62 bits per heavy atom. The van der Waals surface area contributed by atoms with Crippen molar-refractivity contribution in [1.82, 2.24) is 10.2 Å². The number of aliphatic hydroxyl groups is 1. The van der Waals surface area contributed by atoms with Gasteiger partial charge in [-0.15, -0.1) is 0 Å². The van der Waals surface area contributed by atoms with E-state index in [0.717, 1.165) is 58.0 Å². The summed E-state index contributed by atoms with van der Waals surface area (Å²) in [7, 11) is 0. The molecule has 2 fully saturated rings. The Morgan fingerprint density at radius 1 is 1.29 bits per heavy atom. The lowest BCUT2D eigenvalue weighted by Crippen LogP contribution is -2.53. The average Bonchev–Trinajstić information content (AvgIpc) is 2.48. The van der Waals surface area contributed by atoms with Gasteiger partial charge in [-0.25, -0.2) is 0 Å². The molecular formula is C16H27N3O2. The molecule has 0 bridgehead atoms. The van der Waals surface area contributed by atoms with Crippen LogP contribution >= 0.6 is 0 Å². The molecule has 2 rings (SSSR count). The fraction of sp³-hybridized carbons (Fsp3) is 0.875. The van der Waals surface area contributed by atoms with Gasteiger partial charge < -0.3 is 10.4 Å². The molecule has 1 aliphatic carbocycles. The van der Waals surface area contributed by atoms with E-state index in [2.05, 4.69) is 23.2 Å². The molecule has 0 aromatic carbocycles. The van der Waals surface area contributed by atoms with E-state index in [1.54, 1.807) is 0 Å². The number of aliphatic hydroxyl groups excluding tert-OH is 1. The number of carbonyl (C=O) groups excluding carboxylic acids is 1. The first-order valence-electron chi connectivity index (χ1n) is 8.06. The molecule has 21 heavy (non-hydrogen) atoms. The van der Waals surface area contributed by atoms with Crippen molar-refractivity contribution in [2.75, 3.05) is 26.2 Å². The number of nitrogens with one attached hydrogen (secondary N) is 1. The number of piperidine rings is 1. The van der Waals surface area contributed by atoms with Crippen LogP contribution in [0.2, 0.25) is 0 Å². The van der Waals surface area contributed by atoms with Gasteiger partial charge in [0, 0.05) is 18.6 Å². The lowest BCUT2D eigenvalue weighted by molar-refractivity contribution is -0.124. The van der Waals surface area contributed by atoms with Gasteiger partial charge in [-0.3, -0.25) is 9.69 Å². The molecule has 1 unspecified atom stereocenters. The Hall–Kier alpha value is -1.12. The Labute approximate surface area is 127 Å². The number of rotatable bonds is 4. The first-order valence-corrected chi connectivity index (χ1v) is 8.06. The summed E-state index contributed by atoms with van der Waals surface area (Å²) in [5, 5.41) is 21.8. The fourth-order valence-corrected chi connectivity index (χ4v) is 3.62. The van der Waals surface area contributed by atoms with Crippen LogP contribution in [-0.2, 0) is 4.79 Å². The smallest absolute Gasteiger partial charge is 0.235 e. The third-order valence-corrected chi connectivity index (χ3v) is 4.91. The van der Waals surface area contributed by atoms with Gasteiger partial charge in [0.05, 0.1) is 12.6 Å². The monoisotopic (exact) mass is 293 g/mol. The summed E-state index contributed by atoms with van der Waals surface area (Å²) in [4.78, 5) is 14.4. The molecule has 5 nitrogen and oxygen atoms in total. The molecule has 0 spiro atoms. The zero-order valence-electron chi connectivity index (χ0n) is 13.0. The van der Waals surface area contributed by atoms with E-state index >= 15 is 0 Å². The molecule has 0 aromatic rings. The van der Waals surface area contributed by atoms with E-state index in [1.165, 1.54) is 0 Å². The Kier molecular flexibility index (Phi) is 5.23. The first-order chi connectivity index (χ1) is 10.0. The van der Waals surface area contributed by atoms with Crippen LogP contribution in [0.25, 0.3) is 0 Å². The lowest BCUT2D eigenvalue weighted by Gasteiger charge is -2.39. The number of nitriles is 1. The molecule has 2 aliphatic rings. The summed E-state index contributed by atoms with van der Waals surface area (Å²) in [6.45, 7) is 4.19. The molecule has 0 aromatic heterocycles. The van der Waals surface area contributed by atoms with Crippen LogP contribution in [0.3, 0.4) is 0 Å². The van der Waals surface area contributed by atoms with Crippen LogP contribution in [0, 0.1) is 16.7 Å². The van der Waals surface area contributed by atoms with Gasteiger partial charge >= 0.3 is 0 Å². The van der Waals surface area contributed by atoms with Crippen molar-refractivity contribution >= 4 is 5.91 Å². The molecule has 1 atom stereocenters. The fourth-order valence-electron chi connectivity index (χ4n) is 3.62. The standard InChI is InChI=1S/C16H27N3O2/c1-15(13-20)6-5-9-19(12-15)10-14(21)18-16(11-17)7-3-2-4-8-16/h20H,2-10,12-13H2,1H3,(H,18,21). The molecule has 0 radical (unpaired) electrons. The molecule has 2 N–H and O–H groups in total. The van der Waals surface area contributed by atoms with E-state index in [0.29, 0.717) is 6.54 Å². The summed E-state index contributed by atoms with van der Waals surface area (Å²) >= 11 is 0. The molecular weight excluding hydrogens is 266 g/mol. The van der Waals surface area contributed by atoms with Gasteiger partial charge in [0.15, 0.2) is 0 Å². The number of amides is 1. The molecule has 1 aliphatic heterocycles. The van der Waals surface area contributed by atoms with Crippen LogP contribution in [0.1, 0.15) is 51.9 Å². The van der Waals surface area contributed by atoms with Crippen molar-refractivity contribution in [2.45, 2.75) is 57.4 Å². The molecule has 118 valence electrons. The van der Waals surface area contributed by atoms with Gasteiger partial charge in [-0.05, 0) is 32.2 Å². The van der Waals surface area contributed by atoms with Crippen molar-refractivity contribution in [3.63, 3.8) is 0 Å². The first kappa shape index (κ1) is 16.3. The van der Waals surface area contributed by atoms with Crippen LogP contribution in [-0.4, -0.2) is 47.7 Å². The SMILES string of the molecule is CC1(CO)CCCN(CC(=O)NC2(C#N)CCCCC2)C1. The lowest BCUT2D eigenvalue weighted by atomic mass is 9.82. The van der Waals surface area contributed by atoms with Crippen molar-refractivity contribution in [2.24, 2.45) is 5.41 Å². The second-order valence-electron chi connectivity index (χ2n) is 7.09. The molecule has 5 heteroatoms. The second-order valence-corrected chi connectivity index (χ2v) is 7.09. The largest absolute Gasteiger partial charge is 0.396 e. The third kappa shape index (κ3) is 4.18. The molecule has 1 heterocycles. The summed E-state index contributed by atoms with van der Waals surface area (Å²) in [6.07, 6.45) is 6.73. The maximum atomic E-state index is 12.3. The summed E-state index contributed by atoms with van der Waals surface area (Å²) in [5.74, 6) is -0.0550. The van der Waals surface area contributed by atoms with Gasteiger partial charge in [0.1, 0.15) is 5.54 Å². The highest BCUT2D eigenvalue weighted by atomic mass is 16.3. The number of hydrogen-bond donors (Lipinski definition) is 2. The minimum absolute atomic E-state index is 0.0550. The quantitative estimate of drug-likeness (QED) is 0.822. The number of carbonyl (C=O) groups is 1. The number of hydrogen-bond acceptors (Lipinski definition) is 4. The normalized spacial score (nSPS) is 29.6. The Morgan fingerprint density at radius 2 is 2.00 bits per heavy atom. The molecule has 1 amide bonds. The predicted molar refractivity (Wildman–Crippen MR) is 80.4 cm³/mol. The van der Waals surface area contributed by atoms with E-state index in [9.17, 15) is 15.2 Å². The minimum atomic E-state index is -0.647. The van der Waals surface area contributed by atoms with Crippen molar-refractivity contribution < 1.29 is 9.90 Å². The zero-order chi connectivity index (χ0) is 15.3. The zero-order valence-corrected chi connectivity index (χ0v) is 13.0. The Balaban J connectivity index is 1.88. The number of nitrogens with zero attached hydrogens (tertiary/aromatic N) is 2. The van der Waals surface area contributed by atoms with Gasteiger partial charge in [0.2, 0.25) is 5.91 Å². The highest BCUT2D eigenvalue weighted by Gasteiger charge is 2.35. The topological polar surface area (TPSA) is 76.4 Å². The number of likely N-dealkylation sites (tertiary alicyclic amines) is 1. The van der Waals surface area contributed by atoms with Crippen molar-refractivity contribution in [3.8, 4) is 6.07 Å². The van der Waals surface area contributed by atoms with E-state index in [-0.39, 0.29) is 17.9 Å². The van der Waals surface area contributed by atoms with Crippen LogP contribution in [0.4, 0.5) is 0 Å². The molecule has 1 saturated heterocycles. The molecule has 1 saturated carbocycles. The average molecular weight is 293 g/mol. The van der Waals surface area contributed by atoms with Crippen LogP contribution in [0.15, 0.2) is 0 Å². The predicted octanol–water partition coefficient (Wildman–Crippen LogP) is 1.42. The van der Waals surface area contributed by atoms with Crippen molar-refractivity contribution in [3.05, 3.63) is 0 Å². The van der Waals surface area contributed by atoms with E-state index in [1.807, 2.05) is 0 Å². The van der Waals surface area contributed by atoms with Crippen LogP contribution < -0.4 is 5.32 Å². The third-order valence-electron chi connectivity index (χ3n) is 4.91. The summed E-state index contributed by atoms with van der Waals surface area (Å²) < 4.78 is 0. The van der Waals surface area contributed by atoms with E-state index in [4.69, 9.17) is 0 Å². The second kappa shape index (κ2) is 6.76. The maximum Gasteiger partial charge on any atom is 0.235 e. The van der Waals surface area contributed by atoms with Crippen molar-refractivity contribution in [1.29, 1.82) is 5.26 Å². The van der Waals surface area contributed by atoms with Gasteiger partial charge in [-0.1, -0.05) is 26.2 Å². The highest BCUT2D eigenvalue weighted by Crippen LogP contribution is 2.29. The summed E-state index contributed by atoms with van der Waals surface area (Å²) in [6, 6.07) is 2.32. The van der Waals surface area contributed by atoms with E-state index < -0.39 is 5.54 Å². The minimum Gasteiger partial charge on any atom is -0.396 e. The van der Waals surface area contributed by atoms with Gasteiger partial charge in [0.25, 0.3) is 0 Å². The highest BCUT2D eigenvalue weighted by molar-refractivity contribution is 5.79. The van der Waals surface area contributed by atoms with Gasteiger partial charge in [-0.2, -0.15) is 5.26 Å². The maximum absolute atomic E-state index is 12.3. The van der Waals surface area contributed by atoms with Crippen LogP contribution in [0.5, 0.6) is 0 Å².